The lowest BCUT2D eigenvalue weighted by atomic mass is 9.76. The topological polar surface area (TPSA) is 21.3 Å². The number of rotatable bonds is 8. The van der Waals surface area contributed by atoms with Crippen LogP contribution in [0, 0.1) is 5.92 Å². The molecule has 118 valence electrons. The molecule has 0 aliphatic heterocycles. The van der Waals surface area contributed by atoms with Crippen molar-refractivity contribution in [2.24, 2.45) is 5.92 Å². The van der Waals surface area contributed by atoms with Crippen LogP contribution in [0.15, 0.2) is 24.3 Å². The molecule has 0 heterocycles. The highest BCUT2D eigenvalue weighted by molar-refractivity contribution is 5.30. The summed E-state index contributed by atoms with van der Waals surface area (Å²) >= 11 is 0. The molecule has 1 aliphatic carbocycles. The van der Waals surface area contributed by atoms with Crippen molar-refractivity contribution < 1.29 is 4.74 Å². The smallest absolute Gasteiger partial charge is 0.119 e. The van der Waals surface area contributed by atoms with Gasteiger partial charge in [-0.05, 0) is 62.3 Å². The molecule has 1 aromatic carbocycles. The molecule has 0 saturated heterocycles. The van der Waals surface area contributed by atoms with Crippen LogP contribution in [0.5, 0.6) is 5.75 Å². The molecule has 1 fully saturated rings. The average Bonchev–Trinajstić information content (AvgIpc) is 2.54. The van der Waals surface area contributed by atoms with Crippen LogP contribution in [0.1, 0.15) is 63.9 Å². The Bertz CT molecular complexity index is 381. The third-order valence-corrected chi connectivity index (χ3v) is 4.63. The highest BCUT2D eigenvalue weighted by Crippen LogP contribution is 2.36. The first-order chi connectivity index (χ1) is 10.3. The lowest BCUT2D eigenvalue weighted by molar-refractivity contribution is 0.296. The summed E-state index contributed by atoms with van der Waals surface area (Å²) in [5, 5.41) is 3.64. The van der Waals surface area contributed by atoms with Crippen molar-refractivity contribution >= 4 is 0 Å². The quantitative estimate of drug-likeness (QED) is 0.697. The molecule has 1 saturated carbocycles. The highest BCUT2D eigenvalue weighted by atomic mass is 16.5. The molecule has 1 aliphatic rings. The van der Waals surface area contributed by atoms with Gasteiger partial charge in [0, 0.05) is 6.54 Å². The first kappa shape index (κ1) is 16.4. The molecule has 1 N–H and O–H groups in total. The standard InChI is InChI=1S/C19H31NO/c1-3-14-20-15-19(16-8-6-5-7-9-16)17-10-12-18(13-11-17)21-4-2/h10-13,16,19-20H,3-9,14-15H2,1-2H3. The summed E-state index contributed by atoms with van der Waals surface area (Å²) in [6.07, 6.45) is 8.24. The Balaban J connectivity index is 2.05. The Morgan fingerprint density at radius 3 is 2.43 bits per heavy atom. The van der Waals surface area contributed by atoms with Crippen molar-refractivity contribution in [3.63, 3.8) is 0 Å². The Morgan fingerprint density at radius 2 is 1.81 bits per heavy atom. The van der Waals surface area contributed by atoms with E-state index in [9.17, 15) is 0 Å². The summed E-state index contributed by atoms with van der Waals surface area (Å²) in [4.78, 5) is 0. The van der Waals surface area contributed by atoms with E-state index >= 15 is 0 Å². The van der Waals surface area contributed by atoms with E-state index in [0.29, 0.717) is 5.92 Å². The number of benzene rings is 1. The SMILES string of the molecule is CCCNCC(c1ccc(OCC)cc1)C1CCCCC1. The van der Waals surface area contributed by atoms with Gasteiger partial charge in [-0.1, -0.05) is 38.3 Å². The molecule has 0 bridgehead atoms. The van der Waals surface area contributed by atoms with Crippen LogP contribution in [0.3, 0.4) is 0 Å². The monoisotopic (exact) mass is 289 g/mol. The highest BCUT2D eigenvalue weighted by Gasteiger charge is 2.24. The zero-order chi connectivity index (χ0) is 14.9. The lowest BCUT2D eigenvalue weighted by Gasteiger charge is -2.31. The summed E-state index contributed by atoms with van der Waals surface area (Å²) in [7, 11) is 0. The first-order valence-corrected chi connectivity index (χ1v) is 8.78. The summed E-state index contributed by atoms with van der Waals surface area (Å²) in [6.45, 7) is 7.25. The number of nitrogens with one attached hydrogen (secondary N) is 1. The summed E-state index contributed by atoms with van der Waals surface area (Å²) in [5.74, 6) is 2.50. The maximum atomic E-state index is 5.57. The van der Waals surface area contributed by atoms with E-state index in [1.165, 1.54) is 44.1 Å². The minimum atomic E-state index is 0.660. The molecule has 0 aromatic heterocycles. The van der Waals surface area contributed by atoms with Crippen molar-refractivity contribution in [2.45, 2.75) is 58.3 Å². The second kappa shape index (κ2) is 9.09. The molecule has 2 heteroatoms. The second-order valence-electron chi connectivity index (χ2n) is 6.21. The minimum Gasteiger partial charge on any atom is -0.494 e. The van der Waals surface area contributed by atoms with E-state index in [1.54, 1.807) is 0 Å². The Labute approximate surface area is 130 Å². The molecule has 2 nitrogen and oxygen atoms in total. The zero-order valence-electron chi connectivity index (χ0n) is 13.7. The van der Waals surface area contributed by atoms with E-state index in [1.807, 2.05) is 6.92 Å². The van der Waals surface area contributed by atoms with Gasteiger partial charge in [0.15, 0.2) is 0 Å². The number of ether oxygens (including phenoxy) is 1. The Kier molecular flexibility index (Phi) is 7.08. The van der Waals surface area contributed by atoms with Crippen molar-refractivity contribution in [3.8, 4) is 5.75 Å². The van der Waals surface area contributed by atoms with Crippen molar-refractivity contribution in [1.29, 1.82) is 0 Å². The van der Waals surface area contributed by atoms with Gasteiger partial charge in [-0.25, -0.2) is 0 Å². The van der Waals surface area contributed by atoms with Crippen molar-refractivity contribution in [2.75, 3.05) is 19.7 Å². The minimum absolute atomic E-state index is 0.660. The van der Waals surface area contributed by atoms with Gasteiger partial charge in [0.2, 0.25) is 0 Å². The largest absolute Gasteiger partial charge is 0.494 e. The third-order valence-electron chi connectivity index (χ3n) is 4.63. The predicted octanol–water partition coefficient (Wildman–Crippen LogP) is 4.75. The first-order valence-electron chi connectivity index (χ1n) is 8.78. The van der Waals surface area contributed by atoms with Crippen LogP contribution in [0.25, 0.3) is 0 Å². The van der Waals surface area contributed by atoms with Gasteiger partial charge in [-0.2, -0.15) is 0 Å². The molecule has 1 aromatic rings. The molecule has 2 rings (SSSR count). The van der Waals surface area contributed by atoms with Gasteiger partial charge in [0.1, 0.15) is 5.75 Å². The maximum absolute atomic E-state index is 5.57. The second-order valence-corrected chi connectivity index (χ2v) is 6.21. The van der Waals surface area contributed by atoms with E-state index < -0.39 is 0 Å². The molecule has 0 amide bonds. The fraction of sp³-hybridized carbons (Fsp3) is 0.684. The van der Waals surface area contributed by atoms with Crippen LogP contribution in [-0.2, 0) is 0 Å². The summed E-state index contributed by atoms with van der Waals surface area (Å²) in [5.41, 5.74) is 1.48. The molecule has 1 unspecified atom stereocenters. The van der Waals surface area contributed by atoms with E-state index in [-0.39, 0.29) is 0 Å². The van der Waals surface area contributed by atoms with E-state index in [2.05, 4.69) is 36.5 Å². The summed E-state index contributed by atoms with van der Waals surface area (Å²) in [6, 6.07) is 8.82. The molecular weight excluding hydrogens is 258 g/mol. The molecule has 21 heavy (non-hydrogen) atoms. The number of hydrogen-bond donors (Lipinski definition) is 1. The van der Waals surface area contributed by atoms with Crippen LogP contribution < -0.4 is 10.1 Å². The molecular formula is C19H31NO. The van der Waals surface area contributed by atoms with E-state index in [4.69, 9.17) is 4.74 Å². The van der Waals surface area contributed by atoms with Gasteiger partial charge in [0.05, 0.1) is 6.61 Å². The maximum Gasteiger partial charge on any atom is 0.119 e. The lowest BCUT2D eigenvalue weighted by Crippen LogP contribution is -2.28. The third kappa shape index (κ3) is 5.03. The van der Waals surface area contributed by atoms with Gasteiger partial charge < -0.3 is 10.1 Å². The molecule has 0 spiro atoms. The van der Waals surface area contributed by atoms with Crippen molar-refractivity contribution in [3.05, 3.63) is 29.8 Å². The fourth-order valence-electron chi connectivity index (χ4n) is 3.51. The zero-order valence-corrected chi connectivity index (χ0v) is 13.7. The average molecular weight is 289 g/mol. The molecule has 0 radical (unpaired) electrons. The Hall–Kier alpha value is -1.02. The summed E-state index contributed by atoms with van der Waals surface area (Å²) < 4.78 is 5.57. The fourth-order valence-corrected chi connectivity index (χ4v) is 3.51. The van der Waals surface area contributed by atoms with Crippen LogP contribution >= 0.6 is 0 Å². The molecule has 1 atom stereocenters. The van der Waals surface area contributed by atoms with Crippen LogP contribution in [-0.4, -0.2) is 19.7 Å². The van der Waals surface area contributed by atoms with E-state index in [0.717, 1.165) is 31.4 Å². The van der Waals surface area contributed by atoms with Crippen LogP contribution in [0.4, 0.5) is 0 Å². The predicted molar refractivity (Wildman–Crippen MR) is 90.1 cm³/mol. The van der Waals surface area contributed by atoms with Gasteiger partial charge in [-0.3, -0.25) is 0 Å². The van der Waals surface area contributed by atoms with Gasteiger partial charge >= 0.3 is 0 Å². The van der Waals surface area contributed by atoms with Crippen molar-refractivity contribution in [1.82, 2.24) is 5.32 Å². The normalized spacial score (nSPS) is 17.6. The Morgan fingerprint density at radius 1 is 1.10 bits per heavy atom. The van der Waals surface area contributed by atoms with Gasteiger partial charge in [-0.15, -0.1) is 0 Å². The van der Waals surface area contributed by atoms with Gasteiger partial charge in [0.25, 0.3) is 0 Å². The van der Waals surface area contributed by atoms with Crippen LogP contribution in [0.2, 0.25) is 0 Å². The number of hydrogen-bond acceptors (Lipinski definition) is 2.